The maximum absolute atomic E-state index is 12.3. The molecular weight excluding hydrogens is 450 g/mol. The van der Waals surface area contributed by atoms with Crippen molar-refractivity contribution >= 4 is 34.4 Å². The Morgan fingerprint density at radius 1 is 1.03 bits per heavy atom. The molecule has 1 atom stereocenters. The van der Waals surface area contributed by atoms with Gasteiger partial charge in [0.1, 0.15) is 6.04 Å². The van der Waals surface area contributed by atoms with Gasteiger partial charge in [0.2, 0.25) is 5.91 Å². The minimum absolute atomic E-state index is 0.128. The molecule has 4 rings (SSSR count). The summed E-state index contributed by atoms with van der Waals surface area (Å²) >= 11 is 0. The van der Waals surface area contributed by atoms with Gasteiger partial charge in [0.15, 0.2) is 0 Å². The van der Waals surface area contributed by atoms with Crippen molar-refractivity contribution in [2.24, 2.45) is 0 Å². The summed E-state index contributed by atoms with van der Waals surface area (Å²) in [6.45, 7) is 3.73. The molecular formula is C25H29N5O5. The van der Waals surface area contributed by atoms with Gasteiger partial charge in [0.25, 0.3) is 0 Å². The van der Waals surface area contributed by atoms with E-state index in [0.29, 0.717) is 29.7 Å². The van der Waals surface area contributed by atoms with Gasteiger partial charge >= 0.3 is 11.9 Å². The number of pyridine rings is 1. The molecule has 0 saturated carbocycles. The van der Waals surface area contributed by atoms with Crippen LogP contribution in [0.15, 0.2) is 48.9 Å². The summed E-state index contributed by atoms with van der Waals surface area (Å²) < 4.78 is 0. The Morgan fingerprint density at radius 3 is 2.46 bits per heavy atom. The van der Waals surface area contributed by atoms with E-state index >= 15 is 0 Å². The van der Waals surface area contributed by atoms with E-state index in [-0.39, 0.29) is 12.8 Å². The molecule has 1 aromatic carbocycles. The van der Waals surface area contributed by atoms with Gasteiger partial charge in [-0.15, -0.1) is 0 Å². The van der Waals surface area contributed by atoms with Crippen LogP contribution < -0.4 is 5.32 Å². The van der Waals surface area contributed by atoms with E-state index in [4.69, 9.17) is 5.11 Å². The number of carboxylic acids is 2. The van der Waals surface area contributed by atoms with Crippen LogP contribution in [-0.4, -0.2) is 80.6 Å². The number of anilines is 1. The predicted octanol–water partition coefficient (Wildman–Crippen LogP) is 2.35. The number of aromatic amines is 1. The minimum Gasteiger partial charge on any atom is -0.481 e. The lowest BCUT2D eigenvalue weighted by Gasteiger charge is -2.37. The van der Waals surface area contributed by atoms with Gasteiger partial charge < -0.3 is 25.4 Å². The molecule has 10 nitrogen and oxygen atoms in total. The van der Waals surface area contributed by atoms with Crippen LogP contribution in [0.25, 0.3) is 10.9 Å². The lowest BCUT2D eigenvalue weighted by Crippen LogP contribution is -2.49. The molecule has 3 aromatic rings. The van der Waals surface area contributed by atoms with Crippen LogP contribution in [0.3, 0.4) is 0 Å². The quantitative estimate of drug-likeness (QED) is 0.348. The molecule has 10 heteroatoms. The number of benzene rings is 1. The third kappa shape index (κ3) is 6.23. The number of nitrogens with zero attached hydrogens (tertiary/aromatic N) is 3. The van der Waals surface area contributed by atoms with E-state index in [1.54, 1.807) is 36.8 Å². The normalized spacial score (nSPS) is 15.7. The highest BCUT2D eigenvalue weighted by atomic mass is 16.4. The Hall–Kier alpha value is -3.76. The molecule has 184 valence electrons. The fourth-order valence-corrected chi connectivity index (χ4v) is 4.46. The number of hydrogen-bond donors (Lipinski definition) is 4. The van der Waals surface area contributed by atoms with Crippen molar-refractivity contribution in [3.63, 3.8) is 0 Å². The van der Waals surface area contributed by atoms with Gasteiger partial charge in [-0.05, 0) is 42.3 Å². The lowest BCUT2D eigenvalue weighted by molar-refractivity contribution is -0.144. The molecule has 1 aliphatic rings. The third-order valence-electron chi connectivity index (χ3n) is 6.33. The van der Waals surface area contributed by atoms with Crippen molar-refractivity contribution in [1.29, 1.82) is 0 Å². The van der Waals surface area contributed by atoms with Crippen molar-refractivity contribution in [1.82, 2.24) is 19.8 Å². The zero-order valence-corrected chi connectivity index (χ0v) is 19.3. The third-order valence-corrected chi connectivity index (χ3v) is 6.33. The zero-order chi connectivity index (χ0) is 24.8. The van der Waals surface area contributed by atoms with Crippen molar-refractivity contribution in [3.8, 4) is 0 Å². The predicted molar refractivity (Wildman–Crippen MR) is 130 cm³/mol. The first kappa shape index (κ1) is 24.4. The van der Waals surface area contributed by atoms with Gasteiger partial charge in [-0.1, -0.05) is 0 Å². The number of piperazine rings is 1. The van der Waals surface area contributed by atoms with E-state index in [0.717, 1.165) is 31.6 Å². The maximum atomic E-state index is 12.3. The summed E-state index contributed by atoms with van der Waals surface area (Å²) in [4.78, 5) is 46.6. The largest absolute Gasteiger partial charge is 0.481 e. The molecule has 2 aromatic heterocycles. The maximum Gasteiger partial charge on any atom is 0.325 e. The summed E-state index contributed by atoms with van der Waals surface area (Å²) in [7, 11) is 0. The number of fused-ring (bicyclic) bond motifs is 1. The van der Waals surface area contributed by atoms with E-state index in [1.165, 1.54) is 5.56 Å². The number of carbonyl (C=O) groups is 3. The molecule has 0 radical (unpaired) electrons. The van der Waals surface area contributed by atoms with Crippen LogP contribution in [0.2, 0.25) is 0 Å². The molecule has 0 bridgehead atoms. The second-order valence-corrected chi connectivity index (χ2v) is 8.67. The van der Waals surface area contributed by atoms with Gasteiger partial charge in [-0.25, -0.2) is 0 Å². The Balaban J connectivity index is 1.43. The van der Waals surface area contributed by atoms with Crippen molar-refractivity contribution in [2.75, 3.05) is 38.0 Å². The first-order chi connectivity index (χ1) is 16.9. The Morgan fingerprint density at radius 2 is 1.77 bits per heavy atom. The molecule has 35 heavy (non-hydrogen) atoms. The highest BCUT2D eigenvalue weighted by molar-refractivity contribution is 5.96. The summed E-state index contributed by atoms with van der Waals surface area (Å²) in [5.74, 6) is -2.36. The molecule has 1 saturated heterocycles. The molecule has 0 spiro atoms. The van der Waals surface area contributed by atoms with E-state index < -0.39 is 23.9 Å². The van der Waals surface area contributed by atoms with Gasteiger partial charge in [-0.3, -0.25) is 24.3 Å². The number of carbonyl (C=O) groups excluding carboxylic acids is 1. The van der Waals surface area contributed by atoms with Crippen molar-refractivity contribution < 1.29 is 24.6 Å². The van der Waals surface area contributed by atoms with Crippen LogP contribution in [0.4, 0.5) is 5.69 Å². The number of H-pyrrole nitrogens is 1. The second kappa shape index (κ2) is 11.1. The molecule has 1 aliphatic heterocycles. The summed E-state index contributed by atoms with van der Waals surface area (Å²) in [6, 6.07) is 8.43. The highest BCUT2D eigenvalue weighted by Crippen LogP contribution is 2.31. The molecule has 0 unspecified atom stereocenters. The molecule has 4 N–H and O–H groups in total. The summed E-state index contributed by atoms with van der Waals surface area (Å²) in [5, 5.41) is 22.3. The fraction of sp³-hybridized carbons (Fsp3) is 0.360. The van der Waals surface area contributed by atoms with E-state index in [1.807, 2.05) is 17.0 Å². The van der Waals surface area contributed by atoms with Gasteiger partial charge in [0.05, 0.1) is 6.42 Å². The monoisotopic (exact) mass is 479 g/mol. The molecule has 1 fully saturated rings. The first-order valence-corrected chi connectivity index (χ1v) is 11.6. The number of rotatable bonds is 10. The molecule has 1 amide bonds. The van der Waals surface area contributed by atoms with Gasteiger partial charge in [0, 0.05) is 79.9 Å². The van der Waals surface area contributed by atoms with Crippen LogP contribution >= 0.6 is 0 Å². The smallest absolute Gasteiger partial charge is 0.325 e. The fourth-order valence-electron chi connectivity index (χ4n) is 4.46. The zero-order valence-electron chi connectivity index (χ0n) is 19.3. The topological polar surface area (TPSA) is 139 Å². The van der Waals surface area contributed by atoms with Crippen molar-refractivity contribution in [3.05, 3.63) is 60.0 Å². The van der Waals surface area contributed by atoms with Crippen LogP contribution in [-0.2, 0) is 20.8 Å². The average molecular weight is 480 g/mol. The summed E-state index contributed by atoms with van der Waals surface area (Å²) in [5.41, 5.74) is 3.14. The number of aromatic nitrogens is 2. The Kier molecular flexibility index (Phi) is 7.74. The molecule has 0 aliphatic carbocycles. The van der Waals surface area contributed by atoms with E-state index in [9.17, 15) is 19.5 Å². The van der Waals surface area contributed by atoms with Gasteiger partial charge in [-0.2, -0.15) is 0 Å². The SMILES string of the molecule is O=C(O)CCC(=O)Nc1ccc2[nH]cc([C@@H](C(=O)O)N3CCN(CCc4ccncc4)CC3)c2c1. The second-order valence-electron chi connectivity index (χ2n) is 8.67. The van der Waals surface area contributed by atoms with Crippen molar-refractivity contribution in [2.45, 2.75) is 25.3 Å². The van der Waals surface area contributed by atoms with Crippen LogP contribution in [0.5, 0.6) is 0 Å². The first-order valence-electron chi connectivity index (χ1n) is 11.6. The van der Waals surface area contributed by atoms with Crippen LogP contribution in [0.1, 0.15) is 30.0 Å². The average Bonchev–Trinajstić information content (AvgIpc) is 3.25. The Labute approximate surface area is 202 Å². The lowest BCUT2D eigenvalue weighted by atomic mass is 10.0. The number of nitrogens with one attached hydrogen (secondary N) is 2. The van der Waals surface area contributed by atoms with Crippen LogP contribution in [0, 0.1) is 0 Å². The summed E-state index contributed by atoms with van der Waals surface area (Å²) in [6.07, 6.45) is 5.84. The number of aliphatic carboxylic acids is 2. The molecule has 3 heterocycles. The minimum atomic E-state index is -1.04. The number of hydrogen-bond acceptors (Lipinski definition) is 6. The van der Waals surface area contributed by atoms with E-state index in [2.05, 4.69) is 20.2 Å². The number of amides is 1. The standard InChI is InChI=1S/C25H29N5O5/c31-22(3-4-23(32)33)28-18-1-2-21-19(15-18)20(16-27-21)24(25(34)35)30-13-11-29(12-14-30)10-7-17-5-8-26-9-6-17/h1-2,5-6,8-9,15-16,24,27H,3-4,7,10-14H2,(H,28,31)(H,32,33)(H,34,35)/t24-/m0/s1. The number of carboxylic acid groups (broad SMARTS) is 2. The highest BCUT2D eigenvalue weighted by Gasteiger charge is 2.32. The Bertz CT molecular complexity index is 1190.